The molecule has 0 aromatic heterocycles. The number of aliphatic hydroxyl groups excluding tert-OH is 2. The van der Waals surface area contributed by atoms with Gasteiger partial charge in [0.1, 0.15) is 0 Å². The number of allylic oxidation sites excluding steroid dienone is 4. The van der Waals surface area contributed by atoms with E-state index in [0.717, 1.165) is 0 Å². The lowest BCUT2D eigenvalue weighted by molar-refractivity contribution is 0.0436. The normalized spacial score (nSPS) is 38.7. The highest BCUT2D eigenvalue weighted by atomic mass is 16.3. The van der Waals surface area contributed by atoms with Crippen LogP contribution in [0.15, 0.2) is 35.5 Å². The van der Waals surface area contributed by atoms with Crippen LogP contribution in [0.2, 0.25) is 0 Å². The average molecular weight is 417 g/mol. The standard InChI is InChI=1S/C27H44O3/c1-18(8-9-19(2)26(3,4)30)24-12-13-25-21(7-6-14-27(24,25)5)11-10-20-15-22(28)17-23(29)16-20/h8-11,18-19,22-25,28-30H,6-7,12-17H2,1-5H3/b9-8+,20-10?,21-11-. The minimum Gasteiger partial charge on any atom is -0.393 e. The zero-order chi connectivity index (χ0) is 22.1. The Balaban J connectivity index is 1.73. The van der Waals surface area contributed by atoms with E-state index in [1.54, 1.807) is 5.57 Å². The van der Waals surface area contributed by atoms with Crippen LogP contribution in [0.4, 0.5) is 0 Å². The first-order chi connectivity index (χ1) is 14.0. The molecular formula is C27H44O3. The van der Waals surface area contributed by atoms with Crippen LogP contribution in [-0.2, 0) is 0 Å². The third kappa shape index (κ3) is 5.29. The quantitative estimate of drug-likeness (QED) is 0.514. The molecule has 3 nitrogen and oxygen atoms in total. The molecule has 0 bridgehead atoms. The molecule has 3 saturated carbocycles. The summed E-state index contributed by atoms with van der Waals surface area (Å²) in [6.45, 7) is 10.7. The molecule has 3 heteroatoms. The second-order valence-electron chi connectivity index (χ2n) is 11.3. The molecule has 0 aromatic rings. The third-order valence-corrected chi connectivity index (χ3v) is 8.56. The number of hydrogen-bond acceptors (Lipinski definition) is 3. The van der Waals surface area contributed by atoms with Gasteiger partial charge in [-0.25, -0.2) is 0 Å². The van der Waals surface area contributed by atoms with Crippen LogP contribution in [-0.4, -0.2) is 33.1 Å². The lowest BCUT2D eigenvalue weighted by Crippen LogP contribution is -2.35. The van der Waals surface area contributed by atoms with E-state index in [4.69, 9.17) is 0 Å². The highest BCUT2D eigenvalue weighted by Crippen LogP contribution is 2.59. The van der Waals surface area contributed by atoms with E-state index in [0.29, 0.717) is 42.4 Å². The largest absolute Gasteiger partial charge is 0.393 e. The number of rotatable bonds is 5. The molecular weight excluding hydrogens is 372 g/mol. The summed E-state index contributed by atoms with van der Waals surface area (Å²) in [5.41, 5.74) is 2.43. The Labute approximate surface area is 184 Å². The Hall–Kier alpha value is -0.900. The molecule has 30 heavy (non-hydrogen) atoms. The van der Waals surface area contributed by atoms with Crippen molar-refractivity contribution < 1.29 is 15.3 Å². The fraction of sp³-hybridized carbons (Fsp3) is 0.778. The van der Waals surface area contributed by atoms with E-state index in [2.05, 4.69) is 45.1 Å². The van der Waals surface area contributed by atoms with Crippen LogP contribution in [0.5, 0.6) is 0 Å². The molecule has 3 aliphatic rings. The predicted octanol–water partition coefficient (Wildman–Crippen LogP) is 5.56. The first-order valence-electron chi connectivity index (χ1n) is 12.2. The van der Waals surface area contributed by atoms with Gasteiger partial charge in [-0.1, -0.05) is 56.2 Å². The zero-order valence-electron chi connectivity index (χ0n) is 19.8. The first-order valence-corrected chi connectivity index (χ1v) is 12.2. The Morgan fingerprint density at radius 2 is 1.70 bits per heavy atom. The van der Waals surface area contributed by atoms with Crippen molar-refractivity contribution >= 4 is 0 Å². The van der Waals surface area contributed by atoms with Crippen molar-refractivity contribution in [1.82, 2.24) is 0 Å². The summed E-state index contributed by atoms with van der Waals surface area (Å²) in [6, 6.07) is 0. The Morgan fingerprint density at radius 3 is 2.33 bits per heavy atom. The number of fused-ring (bicyclic) bond motifs is 1. The Bertz CT molecular complexity index is 671. The van der Waals surface area contributed by atoms with Crippen molar-refractivity contribution in [1.29, 1.82) is 0 Å². The van der Waals surface area contributed by atoms with Crippen LogP contribution in [0.25, 0.3) is 0 Å². The summed E-state index contributed by atoms with van der Waals surface area (Å²) < 4.78 is 0. The molecule has 3 fully saturated rings. The van der Waals surface area contributed by atoms with Gasteiger partial charge in [-0.05, 0) is 88.4 Å². The smallest absolute Gasteiger partial charge is 0.0651 e. The third-order valence-electron chi connectivity index (χ3n) is 8.56. The maximum atomic E-state index is 10.2. The van der Waals surface area contributed by atoms with Gasteiger partial charge in [-0.15, -0.1) is 0 Å². The molecule has 0 radical (unpaired) electrons. The Morgan fingerprint density at radius 1 is 1.03 bits per heavy atom. The minimum atomic E-state index is -0.674. The van der Waals surface area contributed by atoms with Crippen molar-refractivity contribution in [2.75, 3.05) is 0 Å². The van der Waals surface area contributed by atoms with E-state index in [9.17, 15) is 15.3 Å². The van der Waals surface area contributed by atoms with Crippen LogP contribution in [0.1, 0.15) is 86.0 Å². The molecule has 3 rings (SSSR count). The predicted molar refractivity (Wildman–Crippen MR) is 124 cm³/mol. The molecule has 170 valence electrons. The summed E-state index contributed by atoms with van der Waals surface area (Å²) in [4.78, 5) is 0. The first kappa shape index (κ1) is 23.8. The van der Waals surface area contributed by atoms with Gasteiger partial charge in [0.05, 0.1) is 17.8 Å². The van der Waals surface area contributed by atoms with Crippen molar-refractivity contribution in [2.45, 2.75) is 104 Å². The van der Waals surface area contributed by atoms with E-state index in [-0.39, 0.29) is 5.92 Å². The highest BCUT2D eigenvalue weighted by molar-refractivity contribution is 5.26. The van der Waals surface area contributed by atoms with E-state index in [1.807, 2.05) is 13.8 Å². The minimum absolute atomic E-state index is 0.152. The summed E-state index contributed by atoms with van der Waals surface area (Å²) in [7, 11) is 0. The molecule has 0 saturated heterocycles. The van der Waals surface area contributed by atoms with Crippen LogP contribution in [0.3, 0.4) is 0 Å². The molecule has 7 unspecified atom stereocenters. The van der Waals surface area contributed by atoms with Gasteiger partial charge in [0.25, 0.3) is 0 Å². The molecule has 0 aromatic carbocycles. The van der Waals surface area contributed by atoms with Gasteiger partial charge < -0.3 is 15.3 Å². The van der Waals surface area contributed by atoms with Crippen molar-refractivity contribution in [3.63, 3.8) is 0 Å². The van der Waals surface area contributed by atoms with E-state index >= 15 is 0 Å². The topological polar surface area (TPSA) is 60.7 Å². The summed E-state index contributed by atoms with van der Waals surface area (Å²) >= 11 is 0. The fourth-order valence-corrected chi connectivity index (χ4v) is 6.39. The van der Waals surface area contributed by atoms with Crippen molar-refractivity contribution in [3.05, 3.63) is 35.5 Å². The van der Waals surface area contributed by atoms with Gasteiger partial charge in [0.15, 0.2) is 0 Å². The average Bonchev–Trinajstić information content (AvgIpc) is 3.00. The second kappa shape index (κ2) is 9.30. The molecule has 0 amide bonds. The van der Waals surface area contributed by atoms with E-state index < -0.39 is 17.8 Å². The Kier molecular flexibility index (Phi) is 7.37. The van der Waals surface area contributed by atoms with Crippen molar-refractivity contribution in [2.24, 2.45) is 29.1 Å². The second-order valence-corrected chi connectivity index (χ2v) is 11.3. The monoisotopic (exact) mass is 416 g/mol. The van der Waals surface area contributed by atoms with Gasteiger partial charge in [-0.2, -0.15) is 0 Å². The van der Waals surface area contributed by atoms with Crippen LogP contribution in [0, 0.1) is 29.1 Å². The summed E-state index contributed by atoms with van der Waals surface area (Å²) in [6.07, 6.45) is 16.5. The zero-order valence-corrected chi connectivity index (χ0v) is 19.8. The molecule has 3 aliphatic carbocycles. The van der Waals surface area contributed by atoms with E-state index in [1.165, 1.54) is 37.7 Å². The molecule has 7 atom stereocenters. The number of hydrogen-bond donors (Lipinski definition) is 3. The van der Waals surface area contributed by atoms with Crippen LogP contribution >= 0.6 is 0 Å². The fourth-order valence-electron chi connectivity index (χ4n) is 6.39. The SMILES string of the molecule is CC(/C=C/C(C)C(C)(C)O)C1CCC2/C(=C\C=C3CC(O)CC(O)C3)CCCC21C. The summed E-state index contributed by atoms with van der Waals surface area (Å²) in [5, 5.41) is 30.2. The molecule has 0 aliphatic heterocycles. The maximum Gasteiger partial charge on any atom is 0.0651 e. The molecule has 3 N–H and O–H groups in total. The van der Waals surface area contributed by atoms with Gasteiger partial charge in [-0.3, -0.25) is 0 Å². The van der Waals surface area contributed by atoms with Crippen LogP contribution < -0.4 is 0 Å². The number of aliphatic hydroxyl groups is 3. The van der Waals surface area contributed by atoms with Gasteiger partial charge in [0, 0.05) is 5.92 Å². The molecule has 0 spiro atoms. The molecule has 0 heterocycles. The lowest BCUT2D eigenvalue weighted by atomic mass is 9.61. The van der Waals surface area contributed by atoms with Gasteiger partial charge >= 0.3 is 0 Å². The lowest BCUT2D eigenvalue weighted by Gasteiger charge is -2.44. The highest BCUT2D eigenvalue weighted by Gasteiger charge is 2.50. The van der Waals surface area contributed by atoms with Crippen molar-refractivity contribution in [3.8, 4) is 0 Å². The van der Waals surface area contributed by atoms with Gasteiger partial charge in [0.2, 0.25) is 0 Å². The maximum absolute atomic E-state index is 10.2. The summed E-state index contributed by atoms with van der Waals surface area (Å²) in [5.74, 6) is 2.00.